The third-order valence-electron chi connectivity index (χ3n) is 4.76. The Hall–Kier alpha value is -2.98. The van der Waals surface area contributed by atoms with E-state index >= 15 is 0 Å². The number of hydrogen-bond acceptors (Lipinski definition) is 5. The van der Waals surface area contributed by atoms with Crippen molar-refractivity contribution in [3.8, 4) is 11.8 Å². The molecule has 0 spiro atoms. The van der Waals surface area contributed by atoms with Crippen LogP contribution in [0.2, 0.25) is 0 Å². The lowest BCUT2D eigenvalue weighted by Crippen LogP contribution is -2.44. The highest BCUT2D eigenvalue weighted by molar-refractivity contribution is 5.90. The van der Waals surface area contributed by atoms with Crippen molar-refractivity contribution in [2.24, 2.45) is 0 Å². The van der Waals surface area contributed by atoms with Gasteiger partial charge in [-0.05, 0) is 37.9 Å². The normalized spacial score (nSPS) is 11.3. The quantitative estimate of drug-likeness (QED) is 0.292. The van der Waals surface area contributed by atoms with Gasteiger partial charge in [-0.3, -0.25) is 29.4 Å². The number of nitrogens with one attached hydrogen (secondary N) is 1. The average Bonchev–Trinajstić information content (AvgIpc) is 2.71. The number of rotatable bonds is 13. The number of carbonyl (C=O) groups is 4. The molecule has 162 valence electrons. The fraction of sp³-hybridized carbons (Fsp3) is 0.478. The van der Waals surface area contributed by atoms with Crippen molar-refractivity contribution in [3.63, 3.8) is 0 Å². The van der Waals surface area contributed by atoms with Crippen LogP contribution in [0.4, 0.5) is 0 Å². The lowest BCUT2D eigenvalue weighted by Gasteiger charge is -2.27. The maximum absolute atomic E-state index is 12.2. The summed E-state index contributed by atoms with van der Waals surface area (Å²) in [7, 11) is 1.78. The molecule has 0 saturated carbocycles. The van der Waals surface area contributed by atoms with Crippen LogP contribution in [0.1, 0.15) is 73.4 Å². The minimum atomic E-state index is -0.788. The standard InChI is InChI=1S/C23H30N2O5/c1-3-10-21(23(30)24-17-27)25(2)15-20-18(12-9-13-19(20)16-26)11-7-5-4-6-8-14-22(28)29/h9,12-13,16-17,21H,3-6,8,10,14-15H2,1-2H3,(H,28,29)(H,24,27,30). The average molecular weight is 415 g/mol. The molecular weight excluding hydrogens is 384 g/mol. The molecule has 0 radical (unpaired) electrons. The van der Waals surface area contributed by atoms with Gasteiger partial charge in [-0.25, -0.2) is 0 Å². The highest BCUT2D eigenvalue weighted by atomic mass is 16.4. The third kappa shape index (κ3) is 8.58. The van der Waals surface area contributed by atoms with Gasteiger partial charge in [0.2, 0.25) is 12.3 Å². The molecule has 7 heteroatoms. The topological polar surface area (TPSA) is 104 Å². The monoisotopic (exact) mass is 414 g/mol. The van der Waals surface area contributed by atoms with E-state index in [9.17, 15) is 19.2 Å². The maximum Gasteiger partial charge on any atom is 0.303 e. The molecule has 1 aromatic carbocycles. The number of aliphatic carboxylic acids is 1. The molecule has 0 fully saturated rings. The van der Waals surface area contributed by atoms with E-state index < -0.39 is 12.0 Å². The molecule has 0 heterocycles. The lowest BCUT2D eigenvalue weighted by atomic mass is 9.99. The molecule has 0 aliphatic heterocycles. The predicted octanol–water partition coefficient (Wildman–Crippen LogP) is 2.76. The number of aldehydes is 1. The van der Waals surface area contributed by atoms with Crippen LogP contribution in [0, 0.1) is 11.8 Å². The number of amides is 2. The number of imide groups is 1. The molecule has 0 aromatic heterocycles. The number of carboxylic acids is 1. The van der Waals surface area contributed by atoms with Gasteiger partial charge in [0.1, 0.15) is 6.29 Å². The number of nitrogens with zero attached hydrogens (tertiary/aromatic N) is 1. The van der Waals surface area contributed by atoms with E-state index in [2.05, 4.69) is 17.2 Å². The first kappa shape index (κ1) is 25.1. The van der Waals surface area contributed by atoms with Gasteiger partial charge in [-0.2, -0.15) is 0 Å². The first-order chi connectivity index (χ1) is 14.4. The summed E-state index contributed by atoms with van der Waals surface area (Å²) in [4.78, 5) is 46.8. The summed E-state index contributed by atoms with van der Waals surface area (Å²) in [6, 6.07) is 4.84. The second-order valence-corrected chi connectivity index (χ2v) is 7.09. The van der Waals surface area contributed by atoms with E-state index in [-0.39, 0.29) is 12.3 Å². The highest BCUT2D eigenvalue weighted by Crippen LogP contribution is 2.18. The van der Waals surface area contributed by atoms with Crippen LogP contribution in [-0.4, -0.2) is 47.7 Å². The number of unbranched alkanes of at least 4 members (excludes halogenated alkanes) is 3. The molecule has 1 unspecified atom stereocenters. The van der Waals surface area contributed by atoms with E-state index in [4.69, 9.17) is 5.11 Å². The molecule has 0 bridgehead atoms. The van der Waals surface area contributed by atoms with Crippen LogP contribution in [0.3, 0.4) is 0 Å². The van der Waals surface area contributed by atoms with E-state index in [1.165, 1.54) is 0 Å². The number of benzene rings is 1. The Labute approximate surface area is 177 Å². The number of carboxylic acid groups (broad SMARTS) is 1. The van der Waals surface area contributed by atoms with Crippen LogP contribution >= 0.6 is 0 Å². The predicted molar refractivity (Wildman–Crippen MR) is 114 cm³/mol. The zero-order chi connectivity index (χ0) is 22.4. The van der Waals surface area contributed by atoms with Crippen LogP contribution < -0.4 is 5.32 Å². The van der Waals surface area contributed by atoms with Crippen LogP contribution in [0.5, 0.6) is 0 Å². The molecule has 1 aromatic rings. The molecule has 0 aliphatic rings. The Morgan fingerprint density at radius 1 is 1.23 bits per heavy atom. The molecular formula is C23H30N2O5. The van der Waals surface area contributed by atoms with Crippen molar-refractivity contribution in [1.82, 2.24) is 10.2 Å². The summed E-state index contributed by atoms with van der Waals surface area (Å²) in [6.45, 7) is 2.30. The van der Waals surface area contributed by atoms with E-state index in [0.29, 0.717) is 37.8 Å². The lowest BCUT2D eigenvalue weighted by molar-refractivity contribution is -0.137. The number of hydrogen-bond donors (Lipinski definition) is 2. The fourth-order valence-electron chi connectivity index (χ4n) is 3.17. The van der Waals surface area contributed by atoms with E-state index in [1.54, 1.807) is 19.2 Å². The van der Waals surface area contributed by atoms with Crippen molar-refractivity contribution in [2.75, 3.05) is 7.05 Å². The van der Waals surface area contributed by atoms with Crippen molar-refractivity contribution >= 4 is 24.6 Å². The largest absolute Gasteiger partial charge is 0.481 e. The molecule has 2 amide bonds. The number of carbonyl (C=O) groups excluding carboxylic acids is 3. The Kier molecular flexibility index (Phi) is 11.8. The van der Waals surface area contributed by atoms with Gasteiger partial charge in [-0.15, -0.1) is 0 Å². The Morgan fingerprint density at radius 2 is 2.00 bits per heavy atom. The summed E-state index contributed by atoms with van der Waals surface area (Å²) in [6.07, 6.45) is 5.56. The Balaban J connectivity index is 2.92. The molecule has 2 N–H and O–H groups in total. The van der Waals surface area contributed by atoms with Crippen LogP contribution in [0.15, 0.2) is 18.2 Å². The fourth-order valence-corrected chi connectivity index (χ4v) is 3.17. The maximum atomic E-state index is 12.2. The molecule has 30 heavy (non-hydrogen) atoms. The van der Waals surface area contributed by atoms with Crippen LogP contribution in [0.25, 0.3) is 0 Å². The van der Waals surface area contributed by atoms with E-state index in [1.807, 2.05) is 17.9 Å². The smallest absolute Gasteiger partial charge is 0.303 e. The molecule has 0 aliphatic carbocycles. The van der Waals surface area contributed by atoms with Crippen LogP contribution in [-0.2, 0) is 20.9 Å². The van der Waals surface area contributed by atoms with Crippen molar-refractivity contribution in [3.05, 3.63) is 34.9 Å². The summed E-state index contributed by atoms with van der Waals surface area (Å²) < 4.78 is 0. The van der Waals surface area contributed by atoms with Crippen molar-refractivity contribution in [2.45, 2.75) is 64.5 Å². The van der Waals surface area contributed by atoms with E-state index in [0.717, 1.165) is 36.7 Å². The summed E-state index contributed by atoms with van der Waals surface area (Å²) in [5.74, 6) is 5.05. The first-order valence-corrected chi connectivity index (χ1v) is 10.2. The Bertz CT molecular complexity index is 795. The molecule has 1 rings (SSSR count). The van der Waals surface area contributed by atoms with Gasteiger partial charge in [0.05, 0.1) is 6.04 Å². The molecule has 7 nitrogen and oxygen atoms in total. The second-order valence-electron chi connectivity index (χ2n) is 7.09. The summed E-state index contributed by atoms with van der Waals surface area (Å²) >= 11 is 0. The second kappa shape index (κ2) is 14.1. The molecule has 1 atom stereocenters. The van der Waals surface area contributed by atoms with Gasteiger partial charge in [0.15, 0.2) is 0 Å². The van der Waals surface area contributed by atoms with Crippen molar-refractivity contribution in [1.29, 1.82) is 0 Å². The third-order valence-corrected chi connectivity index (χ3v) is 4.76. The SMILES string of the molecule is CCCC(C(=O)NC=O)N(C)Cc1c(C#CCCCCCC(=O)O)cccc1C=O. The zero-order valence-corrected chi connectivity index (χ0v) is 17.6. The molecule has 0 saturated heterocycles. The minimum Gasteiger partial charge on any atom is -0.481 e. The minimum absolute atomic E-state index is 0.169. The van der Waals surface area contributed by atoms with Crippen molar-refractivity contribution < 1.29 is 24.3 Å². The van der Waals surface area contributed by atoms with Gasteiger partial charge >= 0.3 is 5.97 Å². The van der Waals surface area contributed by atoms with Gasteiger partial charge < -0.3 is 5.11 Å². The van der Waals surface area contributed by atoms with Gasteiger partial charge in [-0.1, -0.05) is 43.7 Å². The highest BCUT2D eigenvalue weighted by Gasteiger charge is 2.23. The summed E-state index contributed by atoms with van der Waals surface area (Å²) in [5, 5.41) is 10.9. The zero-order valence-electron chi connectivity index (χ0n) is 17.6. The van der Waals surface area contributed by atoms with Gasteiger partial charge in [0, 0.05) is 30.5 Å². The Morgan fingerprint density at radius 3 is 2.63 bits per heavy atom. The summed E-state index contributed by atoms with van der Waals surface area (Å²) in [5.41, 5.74) is 1.98. The first-order valence-electron chi connectivity index (χ1n) is 10.2. The van der Waals surface area contributed by atoms with Gasteiger partial charge in [0.25, 0.3) is 0 Å². The number of likely N-dealkylation sites (N-methyl/N-ethyl adjacent to an activating group) is 1.